The van der Waals surface area contributed by atoms with Gasteiger partial charge in [-0.05, 0) is 39.3 Å². The van der Waals surface area contributed by atoms with Gasteiger partial charge in [-0.1, -0.05) is 6.92 Å². The minimum atomic E-state index is -1.14. The first-order chi connectivity index (χ1) is 8.00. The van der Waals surface area contributed by atoms with Crippen LogP contribution in [0.25, 0.3) is 0 Å². The largest absolute Gasteiger partial charge is 0.467 e. The van der Waals surface area contributed by atoms with E-state index in [1.165, 1.54) is 7.11 Å². The number of esters is 1. The average Bonchev–Trinajstić information content (AvgIpc) is 2.72. The Kier molecular flexibility index (Phi) is 6.81. The second kappa shape index (κ2) is 7.07. The van der Waals surface area contributed by atoms with Gasteiger partial charge in [0.1, 0.15) is 0 Å². The van der Waals surface area contributed by atoms with E-state index in [0.29, 0.717) is 13.0 Å². The third kappa shape index (κ3) is 2.84. The lowest BCUT2D eigenvalue weighted by atomic mass is 9.87. The Morgan fingerprint density at radius 1 is 1.50 bits per heavy atom. The molecule has 18 heavy (non-hydrogen) atoms. The van der Waals surface area contributed by atoms with Crippen molar-refractivity contribution < 1.29 is 14.3 Å². The van der Waals surface area contributed by atoms with Gasteiger partial charge in [0.25, 0.3) is 0 Å². The van der Waals surface area contributed by atoms with Crippen LogP contribution in [0, 0.1) is 0 Å². The molecular formula is C12H23ClN2O3. The van der Waals surface area contributed by atoms with E-state index in [1.807, 2.05) is 11.8 Å². The predicted octanol–water partition coefficient (Wildman–Crippen LogP) is 0.742. The van der Waals surface area contributed by atoms with Crippen LogP contribution in [-0.2, 0) is 14.3 Å². The van der Waals surface area contributed by atoms with Crippen molar-refractivity contribution in [1.82, 2.24) is 4.90 Å². The minimum absolute atomic E-state index is 0. The highest BCUT2D eigenvalue weighted by molar-refractivity contribution is 6.10. The van der Waals surface area contributed by atoms with Crippen LogP contribution < -0.4 is 5.73 Å². The van der Waals surface area contributed by atoms with E-state index in [2.05, 4.69) is 0 Å². The second-order valence-corrected chi connectivity index (χ2v) is 4.60. The molecule has 0 bridgehead atoms. The third-order valence-corrected chi connectivity index (χ3v) is 3.34. The summed E-state index contributed by atoms with van der Waals surface area (Å²) in [6.07, 6.45) is 2.23. The Bertz CT molecular complexity index is 310. The standard InChI is InChI=1S/C12H22N2O3.ClH/c1-4-7-14-8-5-6-12(14,11(16)17-3)10(15)9(2)13;/h9H,4-8,13H2,1-3H3;1H/t9-,12+;/m0./s1. The quantitative estimate of drug-likeness (QED) is 0.593. The summed E-state index contributed by atoms with van der Waals surface area (Å²) in [7, 11) is 1.32. The summed E-state index contributed by atoms with van der Waals surface area (Å²) < 4.78 is 4.83. The van der Waals surface area contributed by atoms with Crippen molar-refractivity contribution in [3.8, 4) is 0 Å². The molecule has 1 saturated heterocycles. The number of hydrogen-bond acceptors (Lipinski definition) is 5. The fourth-order valence-electron chi connectivity index (χ4n) is 2.60. The highest BCUT2D eigenvalue weighted by Gasteiger charge is 2.54. The molecule has 2 N–H and O–H groups in total. The number of carbonyl (C=O) groups is 2. The summed E-state index contributed by atoms with van der Waals surface area (Å²) in [5, 5.41) is 0. The van der Waals surface area contributed by atoms with E-state index in [-0.39, 0.29) is 18.2 Å². The number of nitrogens with zero attached hydrogens (tertiary/aromatic N) is 1. The number of rotatable bonds is 5. The third-order valence-electron chi connectivity index (χ3n) is 3.34. The van der Waals surface area contributed by atoms with Gasteiger partial charge >= 0.3 is 5.97 Å². The molecule has 0 aromatic heterocycles. The lowest BCUT2D eigenvalue weighted by molar-refractivity contribution is -0.159. The monoisotopic (exact) mass is 278 g/mol. The maximum absolute atomic E-state index is 12.3. The lowest BCUT2D eigenvalue weighted by Crippen LogP contribution is -2.61. The Hall–Kier alpha value is -0.650. The zero-order chi connectivity index (χ0) is 13.1. The molecule has 0 saturated carbocycles. The number of hydrogen-bond donors (Lipinski definition) is 1. The summed E-state index contributed by atoms with van der Waals surface area (Å²) >= 11 is 0. The van der Waals surface area contributed by atoms with Crippen LogP contribution >= 0.6 is 12.4 Å². The average molecular weight is 279 g/mol. The fourth-order valence-corrected chi connectivity index (χ4v) is 2.60. The molecule has 6 heteroatoms. The van der Waals surface area contributed by atoms with E-state index in [1.54, 1.807) is 6.92 Å². The molecule has 0 spiro atoms. The van der Waals surface area contributed by atoms with Crippen LogP contribution in [0.5, 0.6) is 0 Å². The topological polar surface area (TPSA) is 72.6 Å². The maximum atomic E-state index is 12.3. The number of likely N-dealkylation sites (tertiary alicyclic amines) is 1. The zero-order valence-electron chi connectivity index (χ0n) is 11.3. The predicted molar refractivity (Wildman–Crippen MR) is 71.7 cm³/mol. The van der Waals surface area contributed by atoms with Gasteiger partial charge in [-0.15, -0.1) is 12.4 Å². The normalized spacial score (nSPS) is 25.3. The summed E-state index contributed by atoms with van der Waals surface area (Å²) in [6, 6.07) is -0.647. The highest BCUT2D eigenvalue weighted by Crippen LogP contribution is 2.32. The molecule has 5 nitrogen and oxygen atoms in total. The van der Waals surface area contributed by atoms with Crippen LogP contribution in [0.1, 0.15) is 33.1 Å². The molecule has 1 aliphatic rings. The molecule has 1 heterocycles. The van der Waals surface area contributed by atoms with Crippen LogP contribution in [0.3, 0.4) is 0 Å². The second-order valence-electron chi connectivity index (χ2n) is 4.60. The number of nitrogens with two attached hydrogens (primary N) is 1. The van der Waals surface area contributed by atoms with Crippen molar-refractivity contribution in [3.05, 3.63) is 0 Å². The van der Waals surface area contributed by atoms with Crippen LogP contribution in [0.15, 0.2) is 0 Å². The molecule has 2 atom stereocenters. The van der Waals surface area contributed by atoms with Crippen molar-refractivity contribution >= 4 is 24.2 Å². The molecule has 1 rings (SSSR count). The van der Waals surface area contributed by atoms with E-state index >= 15 is 0 Å². The summed E-state index contributed by atoms with van der Waals surface area (Å²) in [5.74, 6) is -0.693. The van der Waals surface area contributed by atoms with Gasteiger partial charge in [-0.2, -0.15) is 0 Å². The molecule has 0 aromatic rings. The minimum Gasteiger partial charge on any atom is -0.467 e. The van der Waals surface area contributed by atoms with Gasteiger partial charge in [0.15, 0.2) is 11.3 Å². The molecule has 0 radical (unpaired) electrons. The van der Waals surface area contributed by atoms with Crippen molar-refractivity contribution in [2.45, 2.75) is 44.7 Å². The first-order valence-corrected chi connectivity index (χ1v) is 6.14. The number of ketones is 1. The fraction of sp³-hybridized carbons (Fsp3) is 0.833. The van der Waals surface area contributed by atoms with Crippen molar-refractivity contribution in [2.75, 3.05) is 20.2 Å². The summed E-state index contributed by atoms with van der Waals surface area (Å²) in [6.45, 7) is 5.11. The van der Waals surface area contributed by atoms with Crippen molar-refractivity contribution in [1.29, 1.82) is 0 Å². The van der Waals surface area contributed by atoms with E-state index in [0.717, 1.165) is 19.4 Å². The van der Waals surface area contributed by atoms with Gasteiger partial charge in [0.05, 0.1) is 13.2 Å². The zero-order valence-corrected chi connectivity index (χ0v) is 12.1. The Labute approximate surface area is 114 Å². The summed E-state index contributed by atoms with van der Waals surface area (Å²) in [5.41, 5.74) is 4.53. The molecule has 1 aliphatic heterocycles. The molecule has 0 aliphatic carbocycles. The van der Waals surface area contributed by atoms with Crippen LogP contribution in [-0.4, -0.2) is 48.4 Å². The molecule has 0 unspecified atom stereocenters. The van der Waals surface area contributed by atoms with Gasteiger partial charge in [-0.25, -0.2) is 4.79 Å². The van der Waals surface area contributed by atoms with E-state index in [4.69, 9.17) is 10.5 Å². The maximum Gasteiger partial charge on any atom is 0.334 e. The Morgan fingerprint density at radius 2 is 2.11 bits per heavy atom. The Morgan fingerprint density at radius 3 is 2.56 bits per heavy atom. The number of ether oxygens (including phenoxy) is 1. The lowest BCUT2D eigenvalue weighted by Gasteiger charge is -2.35. The molecule has 106 valence electrons. The van der Waals surface area contributed by atoms with Gasteiger partial charge in [-0.3, -0.25) is 9.69 Å². The van der Waals surface area contributed by atoms with Crippen molar-refractivity contribution in [3.63, 3.8) is 0 Å². The van der Waals surface area contributed by atoms with Crippen LogP contribution in [0.4, 0.5) is 0 Å². The van der Waals surface area contributed by atoms with Gasteiger partial charge < -0.3 is 10.5 Å². The molecular weight excluding hydrogens is 256 g/mol. The van der Waals surface area contributed by atoms with E-state index < -0.39 is 17.6 Å². The van der Waals surface area contributed by atoms with E-state index in [9.17, 15) is 9.59 Å². The van der Waals surface area contributed by atoms with Gasteiger partial charge in [0.2, 0.25) is 0 Å². The van der Waals surface area contributed by atoms with Gasteiger partial charge in [0, 0.05) is 0 Å². The number of halogens is 1. The molecule has 0 amide bonds. The molecule has 1 fully saturated rings. The number of Topliss-reactive ketones (excluding diaryl/α,β-unsaturated/α-hetero) is 1. The first kappa shape index (κ1) is 17.4. The first-order valence-electron chi connectivity index (χ1n) is 6.14. The number of methoxy groups -OCH3 is 1. The summed E-state index contributed by atoms with van der Waals surface area (Å²) in [4.78, 5) is 26.2. The Balaban J connectivity index is 0.00000289. The molecule has 0 aromatic carbocycles. The SMILES string of the molecule is CCCN1CCC[C@]1(C(=O)OC)C(=O)[C@H](C)N.Cl. The smallest absolute Gasteiger partial charge is 0.334 e. The van der Waals surface area contributed by atoms with Crippen LogP contribution in [0.2, 0.25) is 0 Å². The van der Waals surface area contributed by atoms with Crippen molar-refractivity contribution in [2.24, 2.45) is 5.73 Å². The number of carbonyl (C=O) groups excluding carboxylic acids is 2. The highest BCUT2D eigenvalue weighted by atomic mass is 35.5.